The number of pyridine rings is 1. The van der Waals surface area contributed by atoms with Crippen LogP contribution in [0.3, 0.4) is 0 Å². The summed E-state index contributed by atoms with van der Waals surface area (Å²) < 4.78 is 0. The number of rotatable bonds is 4. The lowest BCUT2D eigenvalue weighted by Crippen LogP contribution is -2.23. The smallest absolute Gasteiger partial charge is 0.253 e. The third-order valence-electron chi connectivity index (χ3n) is 2.41. The zero-order valence-electron chi connectivity index (χ0n) is 10.2. The van der Waals surface area contributed by atoms with Gasteiger partial charge in [-0.15, -0.1) is 0 Å². The van der Waals surface area contributed by atoms with Gasteiger partial charge in [0.1, 0.15) is 12.1 Å². The lowest BCUT2D eigenvalue weighted by Gasteiger charge is -2.06. The minimum absolute atomic E-state index is 0.254. The van der Waals surface area contributed by atoms with E-state index in [4.69, 9.17) is 11.6 Å². The zero-order valence-corrected chi connectivity index (χ0v) is 11.0. The van der Waals surface area contributed by atoms with E-state index in [9.17, 15) is 4.79 Å². The van der Waals surface area contributed by atoms with E-state index >= 15 is 0 Å². The van der Waals surface area contributed by atoms with Gasteiger partial charge in [-0.05, 0) is 12.1 Å². The van der Waals surface area contributed by atoms with Gasteiger partial charge in [0.05, 0.1) is 22.8 Å². The van der Waals surface area contributed by atoms with E-state index in [0.717, 1.165) is 5.69 Å². The number of aromatic nitrogens is 3. The largest absolute Gasteiger partial charge is 0.372 e. The Morgan fingerprint density at radius 2 is 2.26 bits per heavy atom. The molecule has 0 aliphatic carbocycles. The molecule has 1 amide bonds. The molecule has 2 aromatic heterocycles. The molecule has 2 aromatic rings. The van der Waals surface area contributed by atoms with E-state index in [-0.39, 0.29) is 5.91 Å². The molecule has 19 heavy (non-hydrogen) atoms. The maximum atomic E-state index is 11.9. The van der Waals surface area contributed by atoms with Gasteiger partial charge in [-0.3, -0.25) is 4.79 Å². The van der Waals surface area contributed by atoms with Crippen LogP contribution in [0.25, 0.3) is 0 Å². The van der Waals surface area contributed by atoms with Gasteiger partial charge in [0.15, 0.2) is 0 Å². The number of anilines is 1. The molecule has 98 valence electrons. The van der Waals surface area contributed by atoms with Crippen LogP contribution in [0.5, 0.6) is 0 Å². The maximum absolute atomic E-state index is 11.9. The normalized spacial score (nSPS) is 10.0. The van der Waals surface area contributed by atoms with Gasteiger partial charge in [-0.1, -0.05) is 11.6 Å². The van der Waals surface area contributed by atoms with Gasteiger partial charge >= 0.3 is 0 Å². The van der Waals surface area contributed by atoms with Crippen molar-refractivity contribution in [3.63, 3.8) is 0 Å². The van der Waals surface area contributed by atoms with Crippen molar-refractivity contribution in [1.82, 2.24) is 20.3 Å². The van der Waals surface area contributed by atoms with Crippen LogP contribution in [0.15, 0.2) is 30.9 Å². The molecule has 0 unspecified atom stereocenters. The molecule has 0 bridgehead atoms. The Hall–Kier alpha value is -2.21. The third-order valence-corrected chi connectivity index (χ3v) is 2.70. The van der Waals surface area contributed by atoms with Crippen molar-refractivity contribution in [3.05, 3.63) is 47.1 Å². The second kappa shape index (κ2) is 6.10. The van der Waals surface area contributed by atoms with Gasteiger partial charge < -0.3 is 10.6 Å². The molecule has 0 aliphatic heterocycles. The van der Waals surface area contributed by atoms with Crippen molar-refractivity contribution in [2.45, 2.75) is 6.54 Å². The highest BCUT2D eigenvalue weighted by molar-refractivity contribution is 6.33. The lowest BCUT2D eigenvalue weighted by molar-refractivity contribution is 0.0950. The molecule has 0 radical (unpaired) electrons. The average molecular weight is 278 g/mol. The molecular weight excluding hydrogens is 266 g/mol. The zero-order chi connectivity index (χ0) is 13.7. The van der Waals surface area contributed by atoms with Crippen molar-refractivity contribution in [1.29, 1.82) is 0 Å². The highest BCUT2D eigenvalue weighted by Gasteiger charge is 2.09. The summed E-state index contributed by atoms with van der Waals surface area (Å²) in [7, 11) is 1.71. The lowest BCUT2D eigenvalue weighted by atomic mass is 10.2. The first-order valence-electron chi connectivity index (χ1n) is 5.57. The molecule has 0 atom stereocenters. The summed E-state index contributed by atoms with van der Waals surface area (Å²) in [5, 5.41) is 5.96. The number of amides is 1. The Morgan fingerprint density at radius 3 is 2.89 bits per heavy atom. The monoisotopic (exact) mass is 277 g/mol. The Bertz CT molecular complexity index is 576. The number of hydrogen-bond donors (Lipinski definition) is 2. The minimum atomic E-state index is -0.254. The predicted octanol–water partition coefficient (Wildman–Crippen LogP) is 1.50. The first kappa shape index (κ1) is 13.2. The van der Waals surface area contributed by atoms with E-state index in [1.807, 2.05) is 0 Å². The van der Waals surface area contributed by atoms with Crippen molar-refractivity contribution in [2.75, 3.05) is 12.4 Å². The number of carbonyl (C=O) groups is 1. The van der Waals surface area contributed by atoms with Crippen LogP contribution in [0, 0.1) is 0 Å². The number of nitrogens with zero attached hydrogens (tertiary/aromatic N) is 3. The van der Waals surface area contributed by atoms with Gasteiger partial charge in [-0.2, -0.15) is 0 Å². The number of hydrogen-bond acceptors (Lipinski definition) is 5. The molecule has 0 aliphatic rings. The Kier molecular flexibility index (Phi) is 4.25. The molecule has 0 saturated carbocycles. The number of halogens is 1. The topological polar surface area (TPSA) is 79.8 Å². The van der Waals surface area contributed by atoms with Crippen LogP contribution >= 0.6 is 11.6 Å². The fourth-order valence-corrected chi connectivity index (χ4v) is 1.70. The van der Waals surface area contributed by atoms with Crippen LogP contribution < -0.4 is 10.6 Å². The summed E-state index contributed by atoms with van der Waals surface area (Å²) in [6.45, 7) is 0.326. The summed E-state index contributed by atoms with van der Waals surface area (Å²) in [4.78, 5) is 23.8. The summed E-state index contributed by atoms with van der Waals surface area (Å²) in [6, 6.07) is 3.30. The standard InChI is InChI=1S/C12H12ClN5O/c1-14-11-10(13)4-8(5-16-11)12(19)17-6-9-2-3-15-7-18-9/h2-5,7H,6H2,1H3,(H,14,16)(H,17,19). The molecule has 7 heteroatoms. The van der Waals surface area contributed by atoms with Crippen molar-refractivity contribution < 1.29 is 4.79 Å². The maximum Gasteiger partial charge on any atom is 0.253 e. The summed E-state index contributed by atoms with van der Waals surface area (Å²) in [6.07, 6.45) is 4.52. The van der Waals surface area contributed by atoms with E-state index in [2.05, 4.69) is 25.6 Å². The molecule has 6 nitrogen and oxygen atoms in total. The Balaban J connectivity index is 2.02. The average Bonchev–Trinajstić information content (AvgIpc) is 2.45. The van der Waals surface area contributed by atoms with Crippen LogP contribution in [-0.4, -0.2) is 27.9 Å². The molecule has 2 N–H and O–H groups in total. The highest BCUT2D eigenvalue weighted by Crippen LogP contribution is 2.19. The third kappa shape index (κ3) is 3.38. The molecule has 0 aromatic carbocycles. The SMILES string of the molecule is CNc1ncc(C(=O)NCc2ccncn2)cc1Cl. The van der Waals surface area contributed by atoms with Gasteiger partial charge in [0.2, 0.25) is 0 Å². The Labute approximate surface area is 115 Å². The van der Waals surface area contributed by atoms with Crippen molar-refractivity contribution in [3.8, 4) is 0 Å². The van der Waals surface area contributed by atoms with E-state index in [1.54, 1.807) is 25.4 Å². The number of nitrogens with one attached hydrogen (secondary N) is 2. The molecule has 0 saturated heterocycles. The number of carbonyl (C=O) groups excluding carboxylic acids is 1. The van der Waals surface area contributed by atoms with Gasteiger partial charge in [-0.25, -0.2) is 15.0 Å². The van der Waals surface area contributed by atoms with Crippen LogP contribution in [-0.2, 0) is 6.54 Å². The minimum Gasteiger partial charge on any atom is -0.372 e. The molecule has 2 heterocycles. The van der Waals surface area contributed by atoms with Crippen molar-refractivity contribution >= 4 is 23.3 Å². The van der Waals surface area contributed by atoms with Gasteiger partial charge in [0, 0.05) is 19.4 Å². The van der Waals surface area contributed by atoms with E-state index in [1.165, 1.54) is 12.5 Å². The fraction of sp³-hybridized carbons (Fsp3) is 0.167. The molecular formula is C12H12ClN5O. The second-order valence-corrected chi connectivity index (χ2v) is 4.10. The highest BCUT2D eigenvalue weighted by atomic mass is 35.5. The van der Waals surface area contributed by atoms with E-state index < -0.39 is 0 Å². The van der Waals surface area contributed by atoms with Crippen LogP contribution in [0.4, 0.5) is 5.82 Å². The van der Waals surface area contributed by atoms with E-state index in [0.29, 0.717) is 22.9 Å². The quantitative estimate of drug-likeness (QED) is 0.885. The first-order valence-corrected chi connectivity index (χ1v) is 5.95. The predicted molar refractivity (Wildman–Crippen MR) is 72.0 cm³/mol. The Morgan fingerprint density at radius 1 is 1.42 bits per heavy atom. The second-order valence-electron chi connectivity index (χ2n) is 3.69. The molecule has 2 rings (SSSR count). The van der Waals surface area contributed by atoms with Crippen LogP contribution in [0.1, 0.15) is 16.1 Å². The summed E-state index contributed by atoms with van der Waals surface area (Å²) in [5.74, 6) is 0.282. The molecule has 0 spiro atoms. The van der Waals surface area contributed by atoms with Crippen LogP contribution in [0.2, 0.25) is 5.02 Å². The summed E-state index contributed by atoms with van der Waals surface area (Å²) in [5.41, 5.74) is 1.13. The molecule has 0 fully saturated rings. The fourth-order valence-electron chi connectivity index (χ4n) is 1.44. The van der Waals surface area contributed by atoms with Gasteiger partial charge in [0.25, 0.3) is 5.91 Å². The first-order chi connectivity index (χ1) is 9.20. The van der Waals surface area contributed by atoms with Crippen molar-refractivity contribution in [2.24, 2.45) is 0 Å². The summed E-state index contributed by atoms with van der Waals surface area (Å²) >= 11 is 5.97.